The number of thiazole rings is 1. The lowest BCUT2D eigenvalue weighted by atomic mass is 9.97. The Kier molecular flexibility index (Phi) is 13.4. The summed E-state index contributed by atoms with van der Waals surface area (Å²) in [5.41, 5.74) is 14.0. The van der Waals surface area contributed by atoms with E-state index in [0.29, 0.717) is 50.0 Å². The van der Waals surface area contributed by atoms with E-state index in [9.17, 15) is 14.7 Å². The van der Waals surface area contributed by atoms with E-state index in [1.54, 1.807) is 35.2 Å². The minimum absolute atomic E-state index is 0.00359. The van der Waals surface area contributed by atoms with Gasteiger partial charge in [0.2, 0.25) is 11.8 Å². The van der Waals surface area contributed by atoms with Crippen LogP contribution in [0.25, 0.3) is 21.3 Å². The van der Waals surface area contributed by atoms with Crippen LogP contribution in [-0.2, 0) is 32.2 Å². The van der Waals surface area contributed by atoms with Crippen LogP contribution in [0.2, 0.25) is 0 Å². The van der Waals surface area contributed by atoms with Crippen LogP contribution in [0.3, 0.4) is 0 Å². The molecule has 0 unspecified atom stereocenters. The molecule has 1 aromatic heterocycles. The summed E-state index contributed by atoms with van der Waals surface area (Å²) in [6.07, 6.45) is 2.85. The van der Waals surface area contributed by atoms with Gasteiger partial charge >= 0.3 is 0 Å². The number of nitrogen functional groups attached to an aromatic ring is 1. The molecule has 0 spiro atoms. The molecule has 56 heavy (non-hydrogen) atoms. The number of hydrogen-bond donors (Lipinski definition) is 4. The zero-order valence-electron chi connectivity index (χ0n) is 31.1. The molecule has 1 aliphatic rings. The largest absolute Gasteiger partial charge is 0.397 e. The van der Waals surface area contributed by atoms with Crippen molar-refractivity contribution in [1.29, 1.82) is 0 Å². The molecule has 6 aromatic rings. The minimum Gasteiger partial charge on any atom is -0.397 e. The quantitative estimate of drug-likeness (QED) is 0.0433. The number of rotatable bonds is 16. The van der Waals surface area contributed by atoms with Gasteiger partial charge in [0.25, 0.3) is 0 Å². The average molecular weight is 787 g/mol. The van der Waals surface area contributed by atoms with Gasteiger partial charge in [-0.25, -0.2) is 4.98 Å². The summed E-state index contributed by atoms with van der Waals surface area (Å²) in [6, 6.07) is 39.7. The number of carbonyl (C=O) groups is 2. The van der Waals surface area contributed by atoms with Gasteiger partial charge < -0.3 is 30.9 Å². The van der Waals surface area contributed by atoms with Crippen molar-refractivity contribution < 1.29 is 24.2 Å². The summed E-state index contributed by atoms with van der Waals surface area (Å²) in [7, 11) is 0. The van der Waals surface area contributed by atoms with E-state index in [-0.39, 0.29) is 30.6 Å². The van der Waals surface area contributed by atoms with E-state index in [2.05, 4.69) is 47.0 Å². The first-order valence-corrected chi connectivity index (χ1v) is 20.8. The number of hydrogen-bond acceptors (Lipinski definition) is 9. The maximum atomic E-state index is 12.8. The van der Waals surface area contributed by atoms with Crippen molar-refractivity contribution in [2.45, 2.75) is 74.5 Å². The number of nitrogens with one attached hydrogen (secondary N) is 2. The minimum atomic E-state index is -0.562. The molecule has 5 aromatic carbocycles. The Morgan fingerprint density at radius 1 is 0.804 bits per heavy atom. The number of anilines is 2. The second kappa shape index (κ2) is 19.2. The van der Waals surface area contributed by atoms with Gasteiger partial charge in [-0.3, -0.25) is 9.59 Å². The number of carbonyl (C=O) groups excluding carboxylic acids is 2. The topological polar surface area (TPSA) is 136 Å². The Bertz CT molecular complexity index is 2190. The normalized spacial score (nSPS) is 16.8. The van der Waals surface area contributed by atoms with Crippen molar-refractivity contribution >= 4 is 56.5 Å². The Morgan fingerprint density at radius 3 is 2.30 bits per heavy atom. The van der Waals surface area contributed by atoms with Crippen LogP contribution >= 0.6 is 23.1 Å². The molecule has 1 saturated heterocycles. The first kappa shape index (κ1) is 39.2. The molecule has 11 heteroatoms. The van der Waals surface area contributed by atoms with Gasteiger partial charge in [0.05, 0.1) is 40.4 Å². The molecule has 5 N–H and O–H groups in total. The molecule has 288 valence electrons. The summed E-state index contributed by atoms with van der Waals surface area (Å²) in [5.74, 6) is 0.647. The number of aliphatic hydroxyl groups excluding tert-OH is 1. The van der Waals surface area contributed by atoms with E-state index in [1.807, 2.05) is 72.8 Å². The number of nitrogens with two attached hydrogens (primary N) is 1. The number of aromatic nitrogens is 1. The zero-order valence-corrected chi connectivity index (χ0v) is 32.7. The highest BCUT2D eigenvalue weighted by Gasteiger charge is 2.32. The van der Waals surface area contributed by atoms with Crippen LogP contribution in [-0.4, -0.2) is 33.8 Å². The lowest BCUT2D eigenvalue weighted by Crippen LogP contribution is -2.31. The zero-order chi connectivity index (χ0) is 38.7. The van der Waals surface area contributed by atoms with Crippen molar-refractivity contribution in [3.63, 3.8) is 0 Å². The van der Waals surface area contributed by atoms with Gasteiger partial charge in [0, 0.05) is 37.1 Å². The highest BCUT2D eigenvalue weighted by molar-refractivity contribution is 8.01. The molecule has 7 rings (SSSR count). The molecule has 2 heterocycles. The summed E-state index contributed by atoms with van der Waals surface area (Å²) in [4.78, 5) is 29.9. The third-order valence-electron chi connectivity index (χ3n) is 9.81. The number of para-hydroxylation sites is 3. The number of aliphatic hydroxyl groups is 1. The van der Waals surface area contributed by atoms with Gasteiger partial charge in [-0.05, 0) is 64.9 Å². The van der Waals surface area contributed by atoms with Crippen LogP contribution in [0.4, 0.5) is 11.4 Å². The third kappa shape index (κ3) is 10.4. The molecule has 0 bridgehead atoms. The molecular weight excluding hydrogens is 741 g/mol. The van der Waals surface area contributed by atoms with E-state index >= 15 is 0 Å². The van der Waals surface area contributed by atoms with Gasteiger partial charge in [0.15, 0.2) is 10.6 Å². The first-order chi connectivity index (χ1) is 27.4. The van der Waals surface area contributed by atoms with E-state index in [4.69, 9.17) is 20.2 Å². The molecule has 2 amide bonds. The van der Waals surface area contributed by atoms with Crippen LogP contribution in [0.1, 0.15) is 73.2 Å². The number of fused-ring (bicyclic) bond motifs is 1. The maximum Gasteiger partial charge on any atom is 0.224 e. The summed E-state index contributed by atoms with van der Waals surface area (Å²) in [5, 5.41) is 15.5. The van der Waals surface area contributed by atoms with E-state index < -0.39 is 6.29 Å². The SMILES string of the molecule is Nc1ccccc1NC(=O)CCCCCC(=O)NCc1ccccc1-c1ccc([C@H]2O[C@@H](CSc3nc4ccccc4s3)C[C@@H](c3ccc(CO)cc3)O2)cc1. The molecule has 0 aliphatic carbocycles. The number of nitrogens with zero attached hydrogens (tertiary/aromatic N) is 1. The fourth-order valence-electron chi connectivity index (χ4n) is 6.73. The molecule has 3 atom stereocenters. The molecule has 9 nitrogen and oxygen atoms in total. The smallest absolute Gasteiger partial charge is 0.224 e. The Balaban J connectivity index is 0.940. The van der Waals surface area contributed by atoms with Crippen molar-refractivity contribution in [2.75, 3.05) is 16.8 Å². The highest BCUT2D eigenvalue weighted by Crippen LogP contribution is 2.41. The van der Waals surface area contributed by atoms with Crippen molar-refractivity contribution in [2.24, 2.45) is 0 Å². The standard InChI is InChI=1S/C45H46N4O5S2/c46-37-12-6-7-13-38(37)48-43(52)17-3-1-2-16-42(51)47-27-34-10-4-5-11-36(34)31-22-24-33(25-23-31)44-53-35(26-40(54-44)32-20-18-30(28-50)19-21-32)29-55-45-49-39-14-8-9-15-41(39)56-45/h4-15,18-25,35,40,44,50H,1-3,16-17,26-29,46H2,(H,47,51)(H,48,52)/t35-,40+,44+/m1/s1. The summed E-state index contributed by atoms with van der Waals surface area (Å²) < 4.78 is 15.4. The monoisotopic (exact) mass is 786 g/mol. The lowest BCUT2D eigenvalue weighted by molar-refractivity contribution is -0.245. The van der Waals surface area contributed by atoms with E-state index in [1.165, 1.54) is 4.70 Å². The second-order valence-electron chi connectivity index (χ2n) is 13.9. The molecule has 0 radical (unpaired) electrons. The first-order valence-electron chi connectivity index (χ1n) is 19.0. The van der Waals surface area contributed by atoms with Gasteiger partial charge in [-0.15, -0.1) is 11.3 Å². The molecule has 1 fully saturated rings. The second-order valence-corrected chi connectivity index (χ2v) is 16.2. The maximum absolute atomic E-state index is 12.8. The van der Waals surface area contributed by atoms with Crippen molar-refractivity contribution in [1.82, 2.24) is 10.3 Å². The Hall–Kier alpha value is -5.04. The fourth-order valence-corrected chi connectivity index (χ4v) is 8.84. The van der Waals surface area contributed by atoms with Crippen LogP contribution < -0.4 is 16.4 Å². The number of thioether (sulfide) groups is 1. The fraction of sp³-hybridized carbons (Fsp3) is 0.267. The molecule has 1 aliphatic heterocycles. The Labute approximate surface area is 335 Å². The number of unbranched alkanes of at least 4 members (excludes halogenated alkanes) is 2. The van der Waals surface area contributed by atoms with Crippen molar-refractivity contribution in [3.8, 4) is 11.1 Å². The van der Waals surface area contributed by atoms with Gasteiger partial charge in [-0.2, -0.15) is 0 Å². The Morgan fingerprint density at radius 2 is 1.52 bits per heavy atom. The van der Waals surface area contributed by atoms with Gasteiger partial charge in [-0.1, -0.05) is 115 Å². The number of amides is 2. The summed E-state index contributed by atoms with van der Waals surface area (Å²) >= 11 is 3.41. The number of ether oxygens (including phenoxy) is 2. The average Bonchev–Trinajstić information content (AvgIpc) is 3.66. The van der Waals surface area contributed by atoms with Crippen LogP contribution in [0.5, 0.6) is 0 Å². The van der Waals surface area contributed by atoms with E-state index in [0.717, 1.165) is 55.4 Å². The lowest BCUT2D eigenvalue weighted by Gasteiger charge is -2.36. The van der Waals surface area contributed by atoms with Crippen LogP contribution in [0, 0.1) is 0 Å². The third-order valence-corrected chi connectivity index (χ3v) is 12.1. The highest BCUT2D eigenvalue weighted by atomic mass is 32.2. The summed E-state index contributed by atoms with van der Waals surface area (Å²) in [6.45, 7) is 0.410. The molecule has 0 saturated carbocycles. The van der Waals surface area contributed by atoms with Crippen molar-refractivity contribution in [3.05, 3.63) is 144 Å². The predicted molar refractivity (Wildman–Crippen MR) is 225 cm³/mol. The predicted octanol–water partition coefficient (Wildman–Crippen LogP) is 9.58. The van der Waals surface area contributed by atoms with Gasteiger partial charge in [0.1, 0.15) is 0 Å². The van der Waals surface area contributed by atoms with Crippen LogP contribution in [0.15, 0.2) is 126 Å². The molecular formula is C45H46N4O5S2. The number of benzene rings is 5.